The molecular weight excluding hydrogens is 232 g/mol. The molecule has 2 aliphatic rings. The lowest BCUT2D eigenvalue weighted by atomic mass is 9.78. The maximum atomic E-state index is 6.12. The van der Waals surface area contributed by atoms with Crippen molar-refractivity contribution in [3.8, 4) is 0 Å². The topological polar surface area (TPSA) is 29.3 Å². The molecule has 1 saturated heterocycles. The van der Waals surface area contributed by atoms with Crippen LogP contribution in [0.15, 0.2) is 0 Å². The van der Waals surface area contributed by atoms with Crippen LogP contribution in [0.4, 0.5) is 0 Å². The van der Waals surface area contributed by atoms with Gasteiger partial charge in [-0.3, -0.25) is 4.90 Å². The summed E-state index contributed by atoms with van der Waals surface area (Å²) in [5.41, 5.74) is 6.12. The zero-order chi connectivity index (χ0) is 13.7. The van der Waals surface area contributed by atoms with Crippen LogP contribution in [0.5, 0.6) is 0 Å². The van der Waals surface area contributed by atoms with E-state index >= 15 is 0 Å². The van der Waals surface area contributed by atoms with E-state index in [1.165, 1.54) is 64.5 Å². The first-order valence-corrected chi connectivity index (χ1v) is 8.68. The molecule has 2 fully saturated rings. The summed E-state index contributed by atoms with van der Waals surface area (Å²) in [6.07, 6.45) is 11.3. The molecule has 0 spiro atoms. The summed E-state index contributed by atoms with van der Waals surface area (Å²) < 4.78 is 0. The number of likely N-dealkylation sites (tertiary alicyclic amines) is 1. The van der Waals surface area contributed by atoms with E-state index < -0.39 is 0 Å². The van der Waals surface area contributed by atoms with Gasteiger partial charge in [0.1, 0.15) is 0 Å². The van der Waals surface area contributed by atoms with E-state index in [2.05, 4.69) is 18.7 Å². The van der Waals surface area contributed by atoms with Gasteiger partial charge in [0, 0.05) is 12.6 Å². The minimum Gasteiger partial charge on any atom is -0.329 e. The van der Waals surface area contributed by atoms with Crippen LogP contribution in [-0.2, 0) is 0 Å². The van der Waals surface area contributed by atoms with Gasteiger partial charge in [-0.15, -0.1) is 0 Å². The van der Waals surface area contributed by atoms with Crippen molar-refractivity contribution < 1.29 is 0 Å². The maximum absolute atomic E-state index is 6.12. The molecule has 0 aromatic heterocycles. The lowest BCUT2D eigenvalue weighted by Gasteiger charge is -2.42. The summed E-state index contributed by atoms with van der Waals surface area (Å²) in [5, 5.41) is 0. The molecule has 1 aliphatic heterocycles. The van der Waals surface area contributed by atoms with Crippen LogP contribution in [-0.4, -0.2) is 30.6 Å². The molecular formula is C17H34N2. The zero-order valence-corrected chi connectivity index (χ0v) is 13.1. The number of piperidine rings is 1. The second-order valence-corrected chi connectivity index (χ2v) is 7.09. The summed E-state index contributed by atoms with van der Waals surface area (Å²) in [4.78, 5) is 2.73. The van der Waals surface area contributed by atoms with E-state index in [1.54, 1.807) is 0 Å². The van der Waals surface area contributed by atoms with Gasteiger partial charge in [0.2, 0.25) is 0 Å². The maximum Gasteiger partial charge on any atom is 0.0246 e. The van der Waals surface area contributed by atoms with Crippen LogP contribution in [0.3, 0.4) is 0 Å². The van der Waals surface area contributed by atoms with Crippen LogP contribution in [0, 0.1) is 17.8 Å². The Morgan fingerprint density at radius 1 is 1.05 bits per heavy atom. The largest absolute Gasteiger partial charge is 0.329 e. The lowest BCUT2D eigenvalue weighted by Crippen LogP contribution is -2.49. The summed E-state index contributed by atoms with van der Waals surface area (Å²) >= 11 is 0. The Labute approximate surface area is 120 Å². The molecule has 0 bridgehead atoms. The molecule has 1 saturated carbocycles. The fraction of sp³-hybridized carbons (Fsp3) is 1.00. The van der Waals surface area contributed by atoms with E-state index in [-0.39, 0.29) is 0 Å². The second-order valence-electron chi connectivity index (χ2n) is 7.09. The third-order valence-corrected chi connectivity index (χ3v) is 5.66. The number of rotatable bonds is 5. The van der Waals surface area contributed by atoms with Crippen molar-refractivity contribution in [2.24, 2.45) is 23.5 Å². The van der Waals surface area contributed by atoms with Crippen LogP contribution in [0.2, 0.25) is 0 Å². The predicted molar refractivity (Wildman–Crippen MR) is 83.2 cm³/mol. The third kappa shape index (κ3) is 4.19. The molecule has 2 nitrogen and oxygen atoms in total. The smallest absolute Gasteiger partial charge is 0.0246 e. The second kappa shape index (κ2) is 7.64. The molecule has 0 aromatic carbocycles. The van der Waals surface area contributed by atoms with Gasteiger partial charge in [0.15, 0.2) is 0 Å². The summed E-state index contributed by atoms with van der Waals surface area (Å²) in [6, 6.07) is 0.676. The number of nitrogens with zero attached hydrogens (tertiary/aromatic N) is 1. The van der Waals surface area contributed by atoms with Crippen molar-refractivity contribution in [2.45, 2.75) is 71.3 Å². The van der Waals surface area contributed by atoms with Gasteiger partial charge in [-0.25, -0.2) is 0 Å². The molecule has 1 heterocycles. The molecule has 0 aromatic rings. The fourth-order valence-corrected chi connectivity index (χ4v) is 4.29. The first-order chi connectivity index (χ1) is 9.24. The van der Waals surface area contributed by atoms with E-state index in [4.69, 9.17) is 5.73 Å². The molecule has 0 radical (unpaired) electrons. The lowest BCUT2D eigenvalue weighted by molar-refractivity contribution is 0.0755. The molecule has 2 N–H and O–H groups in total. The number of hydrogen-bond donors (Lipinski definition) is 1. The van der Waals surface area contributed by atoms with Crippen LogP contribution >= 0.6 is 0 Å². The molecule has 2 rings (SSSR count). The van der Waals surface area contributed by atoms with E-state index in [9.17, 15) is 0 Å². The Morgan fingerprint density at radius 3 is 2.21 bits per heavy atom. The molecule has 1 atom stereocenters. The Balaban J connectivity index is 1.82. The monoisotopic (exact) mass is 266 g/mol. The zero-order valence-electron chi connectivity index (χ0n) is 13.1. The van der Waals surface area contributed by atoms with Crippen molar-refractivity contribution in [1.82, 2.24) is 4.90 Å². The van der Waals surface area contributed by atoms with Crippen LogP contribution in [0.1, 0.15) is 65.2 Å². The third-order valence-electron chi connectivity index (χ3n) is 5.66. The van der Waals surface area contributed by atoms with Crippen molar-refractivity contribution in [3.63, 3.8) is 0 Å². The minimum atomic E-state index is 0.676. The summed E-state index contributed by atoms with van der Waals surface area (Å²) in [6.45, 7) is 8.21. The first-order valence-electron chi connectivity index (χ1n) is 8.68. The molecule has 1 aliphatic carbocycles. The summed E-state index contributed by atoms with van der Waals surface area (Å²) in [5.74, 6) is 2.82. The van der Waals surface area contributed by atoms with Crippen molar-refractivity contribution in [2.75, 3.05) is 19.6 Å². The highest BCUT2D eigenvalue weighted by molar-refractivity contribution is 4.86. The van der Waals surface area contributed by atoms with Crippen molar-refractivity contribution in [3.05, 3.63) is 0 Å². The highest BCUT2D eigenvalue weighted by Crippen LogP contribution is 2.33. The van der Waals surface area contributed by atoms with E-state index in [0.717, 1.165) is 24.3 Å². The van der Waals surface area contributed by atoms with Gasteiger partial charge in [-0.2, -0.15) is 0 Å². The van der Waals surface area contributed by atoms with Gasteiger partial charge < -0.3 is 5.73 Å². The molecule has 19 heavy (non-hydrogen) atoms. The predicted octanol–water partition coefficient (Wildman–Crippen LogP) is 3.65. The molecule has 0 amide bonds. The SMILES string of the molecule is CCCC1CCN(C(CN)C2CCC(C)CC2)CC1. The molecule has 1 unspecified atom stereocenters. The highest BCUT2D eigenvalue weighted by atomic mass is 15.2. The first kappa shape index (κ1) is 15.3. The molecule has 2 heteroatoms. The number of hydrogen-bond acceptors (Lipinski definition) is 2. The standard InChI is InChI=1S/C17H34N2/c1-3-4-15-9-11-19(12-10-15)17(13-18)16-7-5-14(2)6-8-16/h14-17H,3-13,18H2,1-2H3. The molecule has 112 valence electrons. The van der Waals surface area contributed by atoms with Crippen LogP contribution in [0.25, 0.3) is 0 Å². The van der Waals surface area contributed by atoms with Gasteiger partial charge >= 0.3 is 0 Å². The Kier molecular flexibility index (Phi) is 6.15. The van der Waals surface area contributed by atoms with Gasteiger partial charge in [-0.05, 0) is 56.5 Å². The van der Waals surface area contributed by atoms with Gasteiger partial charge in [0.25, 0.3) is 0 Å². The van der Waals surface area contributed by atoms with Crippen LogP contribution < -0.4 is 5.73 Å². The average molecular weight is 266 g/mol. The van der Waals surface area contributed by atoms with E-state index in [1.807, 2.05) is 0 Å². The highest BCUT2D eigenvalue weighted by Gasteiger charge is 2.31. The van der Waals surface area contributed by atoms with Crippen molar-refractivity contribution >= 4 is 0 Å². The Hall–Kier alpha value is -0.0800. The van der Waals surface area contributed by atoms with Crippen molar-refractivity contribution in [1.29, 1.82) is 0 Å². The minimum absolute atomic E-state index is 0.676. The van der Waals surface area contributed by atoms with E-state index in [0.29, 0.717) is 6.04 Å². The van der Waals surface area contributed by atoms with Gasteiger partial charge in [0.05, 0.1) is 0 Å². The fourth-order valence-electron chi connectivity index (χ4n) is 4.29. The Morgan fingerprint density at radius 2 is 1.68 bits per heavy atom. The normalized spacial score (nSPS) is 32.4. The quantitative estimate of drug-likeness (QED) is 0.823. The Bertz CT molecular complexity index is 238. The number of nitrogens with two attached hydrogens (primary N) is 1. The van der Waals surface area contributed by atoms with Gasteiger partial charge in [-0.1, -0.05) is 39.5 Å². The summed E-state index contributed by atoms with van der Waals surface area (Å²) in [7, 11) is 0. The average Bonchev–Trinajstić information content (AvgIpc) is 2.44.